The summed E-state index contributed by atoms with van der Waals surface area (Å²) in [6.45, 7) is 0.785. The molecule has 1 N–H and O–H groups in total. The molecule has 0 aromatic heterocycles. The lowest BCUT2D eigenvalue weighted by Crippen LogP contribution is -2.43. The highest BCUT2D eigenvalue weighted by atomic mass is 35.5. The summed E-state index contributed by atoms with van der Waals surface area (Å²) < 4.78 is 41.9. The Balaban J connectivity index is 1.56. The van der Waals surface area contributed by atoms with Crippen LogP contribution >= 0.6 is 34.8 Å². The minimum atomic E-state index is -3.95. The van der Waals surface area contributed by atoms with Gasteiger partial charge in [0.1, 0.15) is 10.7 Å². The van der Waals surface area contributed by atoms with Crippen LogP contribution in [0.15, 0.2) is 71.6 Å². The maximum absolute atomic E-state index is 14.0. The Bertz CT molecular complexity index is 1240. The van der Waals surface area contributed by atoms with Gasteiger partial charge < -0.3 is 4.90 Å². The number of nitrogens with one attached hydrogen (secondary N) is 1. The Labute approximate surface area is 208 Å². The van der Waals surface area contributed by atoms with Crippen molar-refractivity contribution in [3.63, 3.8) is 0 Å². The Morgan fingerprint density at radius 3 is 2.33 bits per heavy atom. The zero-order valence-electron chi connectivity index (χ0n) is 17.5. The lowest BCUT2D eigenvalue weighted by Gasteiger charge is -2.42. The number of hydrogen-bond acceptors (Lipinski definition) is 3. The first-order valence-corrected chi connectivity index (χ1v) is 13.1. The average Bonchev–Trinajstić information content (AvgIpc) is 2.79. The van der Waals surface area contributed by atoms with Gasteiger partial charge in [-0.2, -0.15) is 0 Å². The second-order valence-corrected chi connectivity index (χ2v) is 11.1. The third kappa shape index (κ3) is 5.64. The first kappa shape index (κ1) is 24.3. The number of anilines is 1. The number of sulfonamides is 1. The molecular weight excluding hydrogens is 506 g/mol. The molecule has 0 saturated carbocycles. The lowest BCUT2D eigenvalue weighted by molar-refractivity contribution is 0.358. The predicted octanol–water partition coefficient (Wildman–Crippen LogP) is 6.72. The van der Waals surface area contributed by atoms with Crippen LogP contribution < -0.4 is 9.62 Å². The molecule has 1 fully saturated rings. The van der Waals surface area contributed by atoms with E-state index in [-0.39, 0.29) is 23.4 Å². The van der Waals surface area contributed by atoms with E-state index in [1.54, 1.807) is 6.07 Å². The van der Waals surface area contributed by atoms with Gasteiger partial charge in [-0.1, -0.05) is 53.0 Å². The average molecular weight is 528 g/mol. The van der Waals surface area contributed by atoms with Gasteiger partial charge in [0, 0.05) is 33.8 Å². The van der Waals surface area contributed by atoms with Crippen molar-refractivity contribution in [1.82, 2.24) is 4.72 Å². The van der Waals surface area contributed by atoms with Crippen LogP contribution in [0.2, 0.25) is 15.1 Å². The molecule has 0 aliphatic carbocycles. The van der Waals surface area contributed by atoms with Crippen LogP contribution in [0.4, 0.5) is 10.1 Å². The number of rotatable bonds is 6. The molecule has 0 bridgehead atoms. The zero-order chi connectivity index (χ0) is 23.6. The number of benzene rings is 3. The SMILES string of the molecule is O=S(=O)(NCC1CCC(c2ccc(Cl)cc2Cl)N(c2ccc(Cl)cc2)C1)c1ccccc1F. The molecule has 3 aromatic carbocycles. The van der Waals surface area contributed by atoms with Gasteiger partial charge in [-0.3, -0.25) is 0 Å². The highest BCUT2D eigenvalue weighted by molar-refractivity contribution is 7.89. The first-order valence-electron chi connectivity index (χ1n) is 10.5. The summed E-state index contributed by atoms with van der Waals surface area (Å²) in [7, 11) is -3.95. The van der Waals surface area contributed by atoms with E-state index in [4.69, 9.17) is 34.8 Å². The quantitative estimate of drug-likeness (QED) is 0.387. The number of halogens is 4. The summed E-state index contributed by atoms with van der Waals surface area (Å²) in [6, 6.07) is 18.3. The minimum Gasteiger partial charge on any atom is -0.364 e. The molecule has 1 aliphatic rings. The van der Waals surface area contributed by atoms with E-state index in [0.29, 0.717) is 21.6 Å². The second kappa shape index (κ2) is 10.2. The largest absolute Gasteiger partial charge is 0.364 e. The van der Waals surface area contributed by atoms with Crippen LogP contribution in [-0.4, -0.2) is 21.5 Å². The summed E-state index contributed by atoms with van der Waals surface area (Å²) in [5, 5.41) is 1.79. The van der Waals surface area contributed by atoms with E-state index in [1.807, 2.05) is 36.4 Å². The molecule has 0 radical (unpaired) electrons. The second-order valence-electron chi connectivity index (χ2n) is 8.04. The Morgan fingerprint density at radius 2 is 1.64 bits per heavy atom. The standard InChI is InChI=1S/C24H22Cl3FN2O2S/c25-17-6-9-19(10-7-17)30-15-16(5-12-23(30)20-11-8-18(26)13-21(20)27)14-29-33(31,32)24-4-2-1-3-22(24)28/h1-4,6-11,13,16,23,29H,5,12,14-15H2. The Morgan fingerprint density at radius 1 is 0.939 bits per heavy atom. The lowest BCUT2D eigenvalue weighted by atomic mass is 9.88. The fraction of sp³-hybridized carbons (Fsp3) is 0.250. The summed E-state index contributed by atoms with van der Waals surface area (Å²) in [4.78, 5) is 1.86. The third-order valence-electron chi connectivity index (χ3n) is 5.85. The summed E-state index contributed by atoms with van der Waals surface area (Å²) in [6.07, 6.45) is 1.53. The molecule has 1 saturated heterocycles. The monoisotopic (exact) mass is 526 g/mol. The zero-order valence-corrected chi connectivity index (χ0v) is 20.6. The minimum absolute atomic E-state index is 0.00429. The van der Waals surface area contributed by atoms with Gasteiger partial charge in [0.15, 0.2) is 0 Å². The van der Waals surface area contributed by atoms with Crippen LogP contribution in [0.3, 0.4) is 0 Å². The molecule has 4 nitrogen and oxygen atoms in total. The van der Waals surface area contributed by atoms with Crippen molar-refractivity contribution < 1.29 is 12.8 Å². The highest BCUT2D eigenvalue weighted by Gasteiger charge is 2.32. The van der Waals surface area contributed by atoms with Crippen molar-refractivity contribution >= 4 is 50.5 Å². The molecule has 1 heterocycles. The van der Waals surface area contributed by atoms with Crippen LogP contribution in [0.1, 0.15) is 24.4 Å². The molecule has 0 spiro atoms. The molecule has 2 atom stereocenters. The van der Waals surface area contributed by atoms with E-state index in [0.717, 1.165) is 30.2 Å². The van der Waals surface area contributed by atoms with Gasteiger partial charge in [0.2, 0.25) is 10.0 Å². The topological polar surface area (TPSA) is 49.4 Å². The van der Waals surface area contributed by atoms with E-state index in [2.05, 4.69) is 9.62 Å². The van der Waals surface area contributed by atoms with Crippen LogP contribution in [-0.2, 0) is 10.0 Å². The van der Waals surface area contributed by atoms with Gasteiger partial charge in [0.25, 0.3) is 0 Å². The van der Waals surface area contributed by atoms with Crippen LogP contribution in [0, 0.1) is 11.7 Å². The number of hydrogen-bond donors (Lipinski definition) is 1. The predicted molar refractivity (Wildman–Crippen MR) is 132 cm³/mol. The van der Waals surface area contributed by atoms with E-state index >= 15 is 0 Å². The van der Waals surface area contributed by atoms with Crippen molar-refractivity contribution in [2.45, 2.75) is 23.8 Å². The van der Waals surface area contributed by atoms with Crippen molar-refractivity contribution in [2.75, 3.05) is 18.0 Å². The molecule has 1 aliphatic heterocycles. The normalized spacial score (nSPS) is 19.0. The number of piperidine rings is 1. The van der Waals surface area contributed by atoms with Crippen molar-refractivity contribution in [3.8, 4) is 0 Å². The Hall–Kier alpha value is -1.83. The first-order chi connectivity index (χ1) is 15.7. The molecule has 0 amide bonds. The third-order valence-corrected chi connectivity index (χ3v) is 8.12. The maximum Gasteiger partial charge on any atom is 0.243 e. The van der Waals surface area contributed by atoms with E-state index < -0.39 is 15.8 Å². The molecular formula is C24H22Cl3FN2O2S. The smallest absolute Gasteiger partial charge is 0.243 e. The molecule has 33 heavy (non-hydrogen) atoms. The highest BCUT2D eigenvalue weighted by Crippen LogP contribution is 2.40. The fourth-order valence-corrected chi connectivity index (χ4v) is 6.05. The summed E-state index contributed by atoms with van der Waals surface area (Å²) >= 11 is 18.7. The van der Waals surface area contributed by atoms with Gasteiger partial charge in [-0.25, -0.2) is 17.5 Å². The van der Waals surface area contributed by atoms with E-state index in [1.165, 1.54) is 18.2 Å². The summed E-state index contributed by atoms with van der Waals surface area (Å²) in [5.41, 5.74) is 1.92. The van der Waals surface area contributed by atoms with Crippen LogP contribution in [0.5, 0.6) is 0 Å². The Kier molecular flexibility index (Phi) is 7.51. The van der Waals surface area contributed by atoms with Gasteiger partial charge >= 0.3 is 0 Å². The molecule has 174 valence electrons. The van der Waals surface area contributed by atoms with Gasteiger partial charge in [-0.15, -0.1) is 0 Å². The molecule has 9 heteroatoms. The maximum atomic E-state index is 14.0. The molecule has 3 aromatic rings. The van der Waals surface area contributed by atoms with Gasteiger partial charge in [-0.05, 0) is 72.9 Å². The van der Waals surface area contributed by atoms with Crippen molar-refractivity contribution in [3.05, 3.63) is 93.2 Å². The van der Waals surface area contributed by atoms with Crippen LogP contribution in [0.25, 0.3) is 0 Å². The fourth-order valence-electron chi connectivity index (χ4n) is 4.19. The summed E-state index contributed by atoms with van der Waals surface area (Å²) in [5.74, 6) is -0.751. The van der Waals surface area contributed by atoms with Crippen molar-refractivity contribution in [2.24, 2.45) is 5.92 Å². The van der Waals surface area contributed by atoms with Gasteiger partial charge in [0.05, 0.1) is 6.04 Å². The van der Waals surface area contributed by atoms with E-state index in [9.17, 15) is 12.8 Å². The number of nitrogens with zero attached hydrogens (tertiary/aromatic N) is 1. The van der Waals surface area contributed by atoms with Crippen molar-refractivity contribution in [1.29, 1.82) is 0 Å². The molecule has 2 unspecified atom stereocenters. The molecule has 4 rings (SSSR count).